The molecular formula is C17H33N3O3. The maximum absolute atomic E-state index is 10.6. The highest BCUT2D eigenvalue weighted by Gasteiger charge is 2.29. The first-order valence-electron chi connectivity index (χ1n) is 9.08. The molecule has 0 amide bonds. The second kappa shape index (κ2) is 9.45. The Kier molecular flexibility index (Phi) is 7.59. The number of aliphatic hydroxyl groups is 1. The van der Waals surface area contributed by atoms with Crippen LogP contribution in [0.4, 0.5) is 0 Å². The molecule has 3 N–H and O–H groups in total. The summed E-state index contributed by atoms with van der Waals surface area (Å²) < 4.78 is 11.2. The van der Waals surface area contributed by atoms with E-state index in [1.165, 1.54) is 6.42 Å². The van der Waals surface area contributed by atoms with Crippen molar-refractivity contribution < 1.29 is 14.6 Å². The van der Waals surface area contributed by atoms with Crippen LogP contribution in [0.25, 0.3) is 0 Å². The van der Waals surface area contributed by atoms with E-state index in [0.717, 1.165) is 51.2 Å². The Hall–Kier alpha value is -0.850. The molecule has 23 heavy (non-hydrogen) atoms. The van der Waals surface area contributed by atoms with E-state index in [2.05, 4.69) is 22.5 Å². The fraction of sp³-hybridized carbons (Fsp3) is 0.941. The molecule has 1 aliphatic heterocycles. The molecule has 1 saturated heterocycles. The summed E-state index contributed by atoms with van der Waals surface area (Å²) in [6.07, 6.45) is 6.35. The SMILES string of the molecule is CCNC(=NCC1(O)CCCCC1)NC(C)COC1CCOC1. The van der Waals surface area contributed by atoms with Gasteiger partial charge in [0, 0.05) is 19.2 Å². The van der Waals surface area contributed by atoms with Crippen molar-refractivity contribution in [2.75, 3.05) is 32.9 Å². The molecule has 134 valence electrons. The van der Waals surface area contributed by atoms with Crippen LogP contribution in [0, 0.1) is 0 Å². The van der Waals surface area contributed by atoms with Crippen LogP contribution in [-0.2, 0) is 9.47 Å². The summed E-state index contributed by atoms with van der Waals surface area (Å²) in [7, 11) is 0. The van der Waals surface area contributed by atoms with E-state index < -0.39 is 5.60 Å². The van der Waals surface area contributed by atoms with E-state index in [4.69, 9.17) is 9.47 Å². The van der Waals surface area contributed by atoms with Crippen molar-refractivity contribution in [3.05, 3.63) is 0 Å². The maximum atomic E-state index is 10.6. The molecule has 2 atom stereocenters. The minimum atomic E-state index is -0.623. The normalized spacial score (nSPS) is 26.0. The zero-order valence-corrected chi connectivity index (χ0v) is 14.6. The molecule has 6 nitrogen and oxygen atoms in total. The third-order valence-electron chi connectivity index (χ3n) is 4.51. The summed E-state index contributed by atoms with van der Waals surface area (Å²) in [6.45, 7) is 7.52. The fourth-order valence-corrected chi connectivity index (χ4v) is 3.11. The molecular weight excluding hydrogens is 294 g/mol. The van der Waals surface area contributed by atoms with Gasteiger partial charge in [0.15, 0.2) is 5.96 Å². The van der Waals surface area contributed by atoms with Gasteiger partial charge in [0.2, 0.25) is 0 Å². The highest BCUT2D eigenvalue weighted by Crippen LogP contribution is 2.28. The van der Waals surface area contributed by atoms with Crippen LogP contribution in [0.1, 0.15) is 52.4 Å². The van der Waals surface area contributed by atoms with Crippen molar-refractivity contribution in [3.63, 3.8) is 0 Å². The average Bonchev–Trinajstić information content (AvgIpc) is 3.05. The molecule has 0 bridgehead atoms. The van der Waals surface area contributed by atoms with Gasteiger partial charge in [0.1, 0.15) is 0 Å². The zero-order chi connectivity index (χ0) is 16.5. The highest BCUT2D eigenvalue weighted by atomic mass is 16.5. The van der Waals surface area contributed by atoms with Gasteiger partial charge in [-0.15, -0.1) is 0 Å². The van der Waals surface area contributed by atoms with Crippen LogP contribution >= 0.6 is 0 Å². The van der Waals surface area contributed by atoms with E-state index in [-0.39, 0.29) is 12.1 Å². The molecule has 2 aliphatic rings. The first-order valence-corrected chi connectivity index (χ1v) is 9.08. The van der Waals surface area contributed by atoms with Crippen molar-refractivity contribution in [2.24, 2.45) is 4.99 Å². The van der Waals surface area contributed by atoms with Crippen LogP contribution in [0.2, 0.25) is 0 Å². The molecule has 2 unspecified atom stereocenters. The topological polar surface area (TPSA) is 75.1 Å². The van der Waals surface area contributed by atoms with E-state index >= 15 is 0 Å². The Balaban J connectivity index is 1.77. The van der Waals surface area contributed by atoms with Crippen molar-refractivity contribution in [3.8, 4) is 0 Å². The predicted molar refractivity (Wildman–Crippen MR) is 91.8 cm³/mol. The van der Waals surface area contributed by atoms with Crippen LogP contribution in [0.15, 0.2) is 4.99 Å². The number of guanidine groups is 1. The molecule has 6 heteroatoms. The number of nitrogens with one attached hydrogen (secondary N) is 2. The largest absolute Gasteiger partial charge is 0.388 e. The highest BCUT2D eigenvalue weighted by molar-refractivity contribution is 5.80. The van der Waals surface area contributed by atoms with Crippen molar-refractivity contribution in [1.82, 2.24) is 10.6 Å². The van der Waals surface area contributed by atoms with E-state index in [9.17, 15) is 5.11 Å². The number of aliphatic imine (C=N–C) groups is 1. The predicted octanol–water partition coefficient (Wildman–Crippen LogP) is 1.43. The van der Waals surface area contributed by atoms with Gasteiger partial charge in [0.25, 0.3) is 0 Å². The fourth-order valence-electron chi connectivity index (χ4n) is 3.11. The first kappa shape index (κ1) is 18.5. The number of ether oxygens (including phenoxy) is 2. The van der Waals surface area contributed by atoms with Crippen molar-refractivity contribution in [2.45, 2.75) is 70.1 Å². The van der Waals surface area contributed by atoms with E-state index in [1.54, 1.807) is 0 Å². The van der Waals surface area contributed by atoms with Gasteiger partial charge in [-0.25, -0.2) is 0 Å². The Labute approximate surface area is 140 Å². The number of hydrogen-bond acceptors (Lipinski definition) is 4. The summed E-state index contributed by atoms with van der Waals surface area (Å²) in [4.78, 5) is 4.59. The molecule has 1 heterocycles. The summed E-state index contributed by atoms with van der Waals surface area (Å²) >= 11 is 0. The molecule has 2 rings (SSSR count). The third kappa shape index (κ3) is 6.65. The molecule has 0 aromatic carbocycles. The lowest BCUT2D eigenvalue weighted by Gasteiger charge is -2.30. The number of hydrogen-bond donors (Lipinski definition) is 3. The first-order chi connectivity index (χ1) is 11.1. The minimum Gasteiger partial charge on any atom is -0.388 e. The molecule has 2 fully saturated rings. The van der Waals surface area contributed by atoms with Gasteiger partial charge in [-0.3, -0.25) is 4.99 Å². The van der Waals surface area contributed by atoms with Crippen LogP contribution < -0.4 is 10.6 Å². The number of nitrogens with zero attached hydrogens (tertiary/aromatic N) is 1. The Morgan fingerprint density at radius 1 is 1.39 bits per heavy atom. The summed E-state index contributed by atoms with van der Waals surface area (Å²) in [5.41, 5.74) is -0.623. The molecule has 0 radical (unpaired) electrons. The molecule has 0 aromatic rings. The Morgan fingerprint density at radius 2 is 2.17 bits per heavy atom. The third-order valence-corrected chi connectivity index (χ3v) is 4.51. The Bertz CT molecular complexity index is 364. The number of rotatable bonds is 7. The zero-order valence-electron chi connectivity index (χ0n) is 14.6. The van der Waals surface area contributed by atoms with E-state index in [0.29, 0.717) is 19.8 Å². The van der Waals surface area contributed by atoms with Gasteiger partial charge in [0.05, 0.1) is 31.5 Å². The van der Waals surface area contributed by atoms with Gasteiger partial charge in [-0.1, -0.05) is 19.3 Å². The quantitative estimate of drug-likeness (QED) is 0.487. The maximum Gasteiger partial charge on any atom is 0.191 e. The summed E-state index contributed by atoms with van der Waals surface area (Å²) in [6, 6.07) is 0.161. The van der Waals surface area contributed by atoms with Crippen molar-refractivity contribution in [1.29, 1.82) is 0 Å². The lowest BCUT2D eigenvalue weighted by atomic mass is 9.85. The average molecular weight is 327 g/mol. The second-order valence-electron chi connectivity index (χ2n) is 6.84. The lowest BCUT2D eigenvalue weighted by Crippen LogP contribution is -2.46. The smallest absolute Gasteiger partial charge is 0.191 e. The van der Waals surface area contributed by atoms with Gasteiger partial charge < -0.3 is 25.2 Å². The second-order valence-corrected chi connectivity index (χ2v) is 6.84. The van der Waals surface area contributed by atoms with Gasteiger partial charge in [-0.2, -0.15) is 0 Å². The van der Waals surface area contributed by atoms with E-state index in [1.807, 2.05) is 6.92 Å². The molecule has 1 aliphatic carbocycles. The van der Waals surface area contributed by atoms with Crippen molar-refractivity contribution >= 4 is 5.96 Å². The molecule has 0 spiro atoms. The van der Waals surface area contributed by atoms with Crippen LogP contribution in [0.3, 0.4) is 0 Å². The molecule has 1 saturated carbocycles. The lowest BCUT2D eigenvalue weighted by molar-refractivity contribution is 0.0130. The van der Waals surface area contributed by atoms with Gasteiger partial charge in [-0.05, 0) is 33.1 Å². The van der Waals surface area contributed by atoms with Crippen LogP contribution in [-0.4, -0.2) is 61.7 Å². The Morgan fingerprint density at radius 3 is 2.83 bits per heavy atom. The summed E-state index contributed by atoms with van der Waals surface area (Å²) in [5, 5.41) is 17.2. The van der Waals surface area contributed by atoms with Gasteiger partial charge >= 0.3 is 0 Å². The molecule has 0 aromatic heterocycles. The van der Waals surface area contributed by atoms with Crippen LogP contribution in [0.5, 0.6) is 0 Å². The minimum absolute atomic E-state index is 0.161. The standard InChI is InChI=1S/C17H33N3O3/c1-3-18-16(19-13-17(21)8-5-4-6-9-17)20-14(2)11-23-15-7-10-22-12-15/h14-15,21H,3-13H2,1-2H3,(H2,18,19,20). The monoisotopic (exact) mass is 327 g/mol. The summed E-state index contributed by atoms with van der Waals surface area (Å²) in [5.74, 6) is 0.755.